The lowest BCUT2D eigenvalue weighted by Crippen LogP contribution is -2.04. The van der Waals surface area contributed by atoms with Crippen LogP contribution in [0.5, 0.6) is 0 Å². The van der Waals surface area contributed by atoms with E-state index >= 15 is 0 Å². The van der Waals surface area contributed by atoms with E-state index in [0.717, 1.165) is 22.4 Å². The van der Waals surface area contributed by atoms with Crippen LogP contribution in [0.2, 0.25) is 0 Å². The number of carbonyl (C=O) groups excluding carboxylic acids is 1. The number of hydrogen-bond donors (Lipinski definition) is 1. The Morgan fingerprint density at radius 2 is 1.91 bits per heavy atom. The minimum atomic E-state index is -0.940. The van der Waals surface area contributed by atoms with Gasteiger partial charge < -0.3 is 9.67 Å². The topological polar surface area (TPSA) is 72.2 Å². The Bertz CT molecular complexity index is 925. The van der Waals surface area contributed by atoms with Gasteiger partial charge in [0.25, 0.3) is 0 Å². The van der Waals surface area contributed by atoms with E-state index in [9.17, 15) is 9.59 Å². The molecule has 5 heteroatoms. The molecule has 0 aliphatic rings. The Hall–Kier alpha value is -2.95. The standard InChI is InChI=1S/C18H16N2O3/c1-11(21)14-6-7-17-16(9-14)19-12(2)20(17)10-13-4-3-5-15(8-13)18(22)23/h3-9H,10H2,1-2H3,(H,22,23). The molecule has 5 nitrogen and oxygen atoms in total. The minimum absolute atomic E-state index is 0.00765. The highest BCUT2D eigenvalue weighted by molar-refractivity contribution is 5.97. The van der Waals surface area contributed by atoms with Gasteiger partial charge in [0.1, 0.15) is 5.82 Å². The molecule has 3 rings (SSSR count). The summed E-state index contributed by atoms with van der Waals surface area (Å²) in [5.74, 6) is -0.111. The summed E-state index contributed by atoms with van der Waals surface area (Å²) in [5, 5.41) is 9.09. The number of aromatic carboxylic acids is 1. The Morgan fingerprint density at radius 1 is 1.13 bits per heavy atom. The van der Waals surface area contributed by atoms with E-state index in [1.807, 2.05) is 23.6 Å². The van der Waals surface area contributed by atoms with Crippen molar-refractivity contribution in [2.24, 2.45) is 0 Å². The van der Waals surface area contributed by atoms with Crippen LogP contribution in [0.15, 0.2) is 42.5 Å². The number of carboxylic acid groups (broad SMARTS) is 1. The fourth-order valence-corrected chi connectivity index (χ4v) is 2.65. The second-order valence-corrected chi connectivity index (χ2v) is 5.51. The van der Waals surface area contributed by atoms with E-state index in [0.29, 0.717) is 12.1 Å². The number of aromatic nitrogens is 2. The number of aryl methyl sites for hydroxylation is 1. The van der Waals surface area contributed by atoms with Gasteiger partial charge in [0.2, 0.25) is 0 Å². The van der Waals surface area contributed by atoms with Crippen molar-refractivity contribution in [3.63, 3.8) is 0 Å². The SMILES string of the molecule is CC(=O)c1ccc2c(c1)nc(C)n2Cc1cccc(C(=O)O)c1. The third-order valence-electron chi connectivity index (χ3n) is 3.86. The largest absolute Gasteiger partial charge is 0.478 e. The maximum atomic E-state index is 11.5. The average molecular weight is 308 g/mol. The Morgan fingerprint density at radius 3 is 2.61 bits per heavy atom. The summed E-state index contributed by atoms with van der Waals surface area (Å²) in [5.41, 5.74) is 3.49. The Labute approximate surface area is 133 Å². The molecule has 0 aliphatic carbocycles. The molecule has 0 fully saturated rings. The first-order chi connectivity index (χ1) is 11.0. The van der Waals surface area contributed by atoms with Gasteiger partial charge in [-0.15, -0.1) is 0 Å². The van der Waals surface area contributed by atoms with Gasteiger partial charge in [-0.25, -0.2) is 9.78 Å². The quantitative estimate of drug-likeness (QED) is 0.751. The summed E-state index contributed by atoms with van der Waals surface area (Å²) in [6, 6.07) is 12.3. The monoisotopic (exact) mass is 308 g/mol. The first-order valence-corrected chi connectivity index (χ1v) is 7.26. The number of Topliss-reactive ketones (excluding diaryl/α,β-unsaturated/α-hetero) is 1. The van der Waals surface area contributed by atoms with Gasteiger partial charge in [-0.3, -0.25) is 4.79 Å². The molecule has 3 aromatic rings. The van der Waals surface area contributed by atoms with Gasteiger partial charge in [0.05, 0.1) is 16.6 Å². The van der Waals surface area contributed by atoms with E-state index in [1.54, 1.807) is 30.3 Å². The number of rotatable bonds is 4. The third-order valence-corrected chi connectivity index (χ3v) is 3.86. The summed E-state index contributed by atoms with van der Waals surface area (Å²) in [6.45, 7) is 3.96. The highest BCUT2D eigenvalue weighted by Gasteiger charge is 2.11. The molecule has 23 heavy (non-hydrogen) atoms. The fraction of sp³-hybridized carbons (Fsp3) is 0.167. The van der Waals surface area contributed by atoms with Crippen molar-refractivity contribution < 1.29 is 14.7 Å². The van der Waals surface area contributed by atoms with Crippen LogP contribution in [0.3, 0.4) is 0 Å². The lowest BCUT2D eigenvalue weighted by Gasteiger charge is -2.08. The summed E-state index contributed by atoms with van der Waals surface area (Å²) < 4.78 is 2.01. The van der Waals surface area contributed by atoms with Crippen LogP contribution in [0.1, 0.15) is 39.0 Å². The van der Waals surface area contributed by atoms with Crippen molar-refractivity contribution >= 4 is 22.8 Å². The van der Waals surface area contributed by atoms with Crippen molar-refractivity contribution in [2.75, 3.05) is 0 Å². The lowest BCUT2D eigenvalue weighted by atomic mass is 10.1. The van der Waals surface area contributed by atoms with Gasteiger partial charge in [-0.2, -0.15) is 0 Å². The smallest absolute Gasteiger partial charge is 0.335 e. The molecule has 1 aromatic heterocycles. The molecule has 0 amide bonds. The van der Waals surface area contributed by atoms with Crippen LogP contribution in [0, 0.1) is 6.92 Å². The van der Waals surface area contributed by atoms with Crippen molar-refractivity contribution in [1.29, 1.82) is 0 Å². The summed E-state index contributed by atoms with van der Waals surface area (Å²) in [6.07, 6.45) is 0. The zero-order valence-electron chi connectivity index (χ0n) is 12.9. The zero-order chi connectivity index (χ0) is 16.6. The van der Waals surface area contributed by atoms with Gasteiger partial charge in [-0.1, -0.05) is 12.1 Å². The first-order valence-electron chi connectivity index (χ1n) is 7.26. The number of ketones is 1. The maximum Gasteiger partial charge on any atom is 0.335 e. The number of nitrogens with zero attached hydrogens (tertiary/aromatic N) is 2. The van der Waals surface area contributed by atoms with Gasteiger partial charge in [0.15, 0.2) is 5.78 Å². The molecule has 0 unspecified atom stereocenters. The molecule has 1 N–H and O–H groups in total. The molecule has 2 aromatic carbocycles. The number of carbonyl (C=O) groups is 2. The van der Waals surface area contributed by atoms with Gasteiger partial charge >= 0.3 is 5.97 Å². The van der Waals surface area contributed by atoms with Crippen molar-refractivity contribution in [3.8, 4) is 0 Å². The molecular formula is C18H16N2O3. The van der Waals surface area contributed by atoms with Crippen LogP contribution < -0.4 is 0 Å². The lowest BCUT2D eigenvalue weighted by molar-refractivity contribution is 0.0696. The van der Waals surface area contributed by atoms with E-state index in [2.05, 4.69) is 4.98 Å². The second-order valence-electron chi connectivity index (χ2n) is 5.51. The minimum Gasteiger partial charge on any atom is -0.478 e. The number of imidazole rings is 1. The van der Waals surface area contributed by atoms with E-state index < -0.39 is 5.97 Å². The summed E-state index contributed by atoms with van der Waals surface area (Å²) >= 11 is 0. The molecule has 0 bridgehead atoms. The van der Waals surface area contributed by atoms with Crippen molar-refractivity contribution in [2.45, 2.75) is 20.4 Å². The van der Waals surface area contributed by atoms with Crippen LogP contribution in [-0.4, -0.2) is 26.4 Å². The molecule has 0 saturated heterocycles. The van der Waals surface area contributed by atoms with Gasteiger partial charge in [-0.05, 0) is 49.7 Å². The molecule has 1 heterocycles. The molecule has 0 radical (unpaired) electrons. The molecule has 0 spiro atoms. The van der Waals surface area contributed by atoms with Crippen molar-refractivity contribution in [3.05, 3.63) is 65.0 Å². The van der Waals surface area contributed by atoms with Crippen LogP contribution in [0.25, 0.3) is 11.0 Å². The van der Waals surface area contributed by atoms with Gasteiger partial charge in [0, 0.05) is 12.1 Å². The Kier molecular flexibility index (Phi) is 3.70. The summed E-state index contributed by atoms with van der Waals surface area (Å²) in [7, 11) is 0. The summed E-state index contributed by atoms with van der Waals surface area (Å²) in [4.78, 5) is 27.1. The molecule has 0 saturated carbocycles. The highest BCUT2D eigenvalue weighted by Crippen LogP contribution is 2.20. The first kappa shape index (κ1) is 15.0. The molecule has 0 aliphatic heterocycles. The van der Waals surface area contributed by atoms with Crippen molar-refractivity contribution in [1.82, 2.24) is 9.55 Å². The highest BCUT2D eigenvalue weighted by atomic mass is 16.4. The van der Waals surface area contributed by atoms with E-state index in [1.165, 1.54) is 6.92 Å². The molecule has 116 valence electrons. The number of fused-ring (bicyclic) bond motifs is 1. The van der Waals surface area contributed by atoms with Crippen LogP contribution >= 0.6 is 0 Å². The Balaban J connectivity index is 2.03. The number of hydrogen-bond acceptors (Lipinski definition) is 3. The fourth-order valence-electron chi connectivity index (χ4n) is 2.65. The predicted molar refractivity (Wildman–Crippen MR) is 87.0 cm³/mol. The average Bonchev–Trinajstić information content (AvgIpc) is 2.82. The zero-order valence-corrected chi connectivity index (χ0v) is 12.9. The number of benzene rings is 2. The normalized spacial score (nSPS) is 10.9. The maximum absolute atomic E-state index is 11.5. The number of carboxylic acids is 1. The van der Waals surface area contributed by atoms with E-state index in [-0.39, 0.29) is 11.3 Å². The van der Waals surface area contributed by atoms with Crippen LogP contribution in [-0.2, 0) is 6.54 Å². The molecular weight excluding hydrogens is 292 g/mol. The predicted octanol–water partition coefficient (Wildman–Crippen LogP) is 3.29. The van der Waals surface area contributed by atoms with Crippen LogP contribution in [0.4, 0.5) is 0 Å². The second kappa shape index (κ2) is 5.68. The third kappa shape index (κ3) is 2.85. The molecule has 0 atom stereocenters. The van der Waals surface area contributed by atoms with E-state index in [4.69, 9.17) is 5.11 Å².